The summed E-state index contributed by atoms with van der Waals surface area (Å²) in [7, 11) is 1.69. The highest BCUT2D eigenvalue weighted by atomic mass is 35.5. The molecule has 1 aromatic heterocycles. The van der Waals surface area contributed by atoms with Crippen molar-refractivity contribution < 1.29 is 4.74 Å². The van der Waals surface area contributed by atoms with Crippen molar-refractivity contribution in [1.82, 2.24) is 9.55 Å². The Labute approximate surface area is 128 Å². The van der Waals surface area contributed by atoms with E-state index in [-0.39, 0.29) is 0 Å². The molecule has 0 spiro atoms. The smallest absolute Gasteiger partial charge is 0.207 e. The first-order valence-corrected chi connectivity index (χ1v) is 7.11. The van der Waals surface area contributed by atoms with Crippen molar-refractivity contribution >= 4 is 29.2 Å². The molecular formula is C14H17Cl2N3O. The zero-order chi connectivity index (χ0) is 14.5. The zero-order valence-corrected chi connectivity index (χ0v) is 13.0. The van der Waals surface area contributed by atoms with Gasteiger partial charge in [-0.05, 0) is 31.0 Å². The topological polar surface area (TPSA) is 39.1 Å². The van der Waals surface area contributed by atoms with Crippen molar-refractivity contribution in [3.63, 3.8) is 0 Å². The monoisotopic (exact) mass is 313 g/mol. The van der Waals surface area contributed by atoms with Gasteiger partial charge in [0.2, 0.25) is 5.95 Å². The fourth-order valence-electron chi connectivity index (χ4n) is 1.87. The number of anilines is 1. The Morgan fingerprint density at radius 3 is 2.85 bits per heavy atom. The Kier molecular flexibility index (Phi) is 5.29. The number of halogens is 2. The minimum atomic E-state index is 0.643. The van der Waals surface area contributed by atoms with Crippen LogP contribution in [0.25, 0.3) is 5.69 Å². The summed E-state index contributed by atoms with van der Waals surface area (Å²) in [5.41, 5.74) is 1.77. The van der Waals surface area contributed by atoms with Crippen molar-refractivity contribution in [2.45, 2.75) is 13.3 Å². The van der Waals surface area contributed by atoms with Crippen molar-refractivity contribution in [2.75, 3.05) is 25.6 Å². The van der Waals surface area contributed by atoms with Crippen molar-refractivity contribution in [3.05, 3.63) is 40.1 Å². The van der Waals surface area contributed by atoms with Gasteiger partial charge in [-0.3, -0.25) is 4.57 Å². The van der Waals surface area contributed by atoms with Crippen LogP contribution < -0.4 is 5.32 Å². The number of benzene rings is 1. The zero-order valence-electron chi connectivity index (χ0n) is 11.5. The molecule has 0 unspecified atom stereocenters. The lowest BCUT2D eigenvalue weighted by Crippen LogP contribution is -2.09. The van der Waals surface area contributed by atoms with Crippen molar-refractivity contribution in [2.24, 2.45) is 0 Å². The van der Waals surface area contributed by atoms with Crippen LogP contribution in [0.4, 0.5) is 5.95 Å². The fraction of sp³-hybridized carbons (Fsp3) is 0.357. The van der Waals surface area contributed by atoms with E-state index in [9.17, 15) is 0 Å². The molecular weight excluding hydrogens is 297 g/mol. The largest absolute Gasteiger partial charge is 0.385 e. The molecule has 0 atom stereocenters. The lowest BCUT2D eigenvalue weighted by Gasteiger charge is -2.12. The lowest BCUT2D eigenvalue weighted by atomic mass is 10.2. The molecule has 20 heavy (non-hydrogen) atoms. The van der Waals surface area contributed by atoms with Crippen LogP contribution in [-0.4, -0.2) is 29.8 Å². The average Bonchev–Trinajstić information content (AvgIpc) is 2.87. The van der Waals surface area contributed by atoms with Crippen LogP contribution in [0.5, 0.6) is 0 Å². The van der Waals surface area contributed by atoms with E-state index in [2.05, 4.69) is 10.3 Å². The van der Waals surface area contributed by atoms with Crippen LogP contribution in [0.2, 0.25) is 10.0 Å². The van der Waals surface area contributed by atoms with E-state index in [4.69, 9.17) is 27.9 Å². The van der Waals surface area contributed by atoms with E-state index < -0.39 is 0 Å². The maximum absolute atomic E-state index is 6.29. The summed E-state index contributed by atoms with van der Waals surface area (Å²) >= 11 is 12.5. The Balaban J connectivity index is 2.21. The van der Waals surface area contributed by atoms with Gasteiger partial charge in [0.15, 0.2) is 0 Å². The number of rotatable bonds is 6. The normalized spacial score (nSPS) is 10.8. The summed E-state index contributed by atoms with van der Waals surface area (Å²) in [5, 5.41) is 4.59. The van der Waals surface area contributed by atoms with Gasteiger partial charge < -0.3 is 10.1 Å². The van der Waals surface area contributed by atoms with Gasteiger partial charge in [0.25, 0.3) is 0 Å². The first kappa shape index (κ1) is 15.2. The summed E-state index contributed by atoms with van der Waals surface area (Å²) in [6.07, 6.45) is 4.49. The van der Waals surface area contributed by atoms with E-state index in [0.717, 1.165) is 30.2 Å². The number of hydrogen-bond donors (Lipinski definition) is 1. The second-order valence-corrected chi connectivity index (χ2v) is 5.26. The number of hydrogen-bond acceptors (Lipinski definition) is 3. The van der Waals surface area contributed by atoms with Gasteiger partial charge in [-0.15, -0.1) is 0 Å². The standard InChI is InChI=1S/C14H17Cl2N3O/c1-10-8-12(16)13(9-11(10)15)19-6-5-18-14(19)17-4-3-7-20-2/h5-6,8-9H,3-4,7H2,1-2H3,(H,17,18). The van der Waals surface area contributed by atoms with Crippen LogP contribution in [0, 0.1) is 6.92 Å². The Morgan fingerprint density at radius 2 is 2.10 bits per heavy atom. The summed E-state index contributed by atoms with van der Waals surface area (Å²) in [6, 6.07) is 3.70. The molecule has 0 fully saturated rings. The second-order valence-electron chi connectivity index (χ2n) is 4.45. The van der Waals surface area contributed by atoms with E-state index >= 15 is 0 Å². The maximum Gasteiger partial charge on any atom is 0.207 e. The third-order valence-corrected chi connectivity index (χ3v) is 3.65. The highest BCUT2D eigenvalue weighted by molar-refractivity contribution is 6.35. The first-order chi connectivity index (χ1) is 9.63. The van der Waals surface area contributed by atoms with Crippen LogP contribution in [0.3, 0.4) is 0 Å². The van der Waals surface area contributed by atoms with Crippen LogP contribution in [-0.2, 0) is 4.74 Å². The second kappa shape index (κ2) is 6.97. The molecule has 108 valence electrons. The molecule has 1 N–H and O–H groups in total. The van der Waals surface area contributed by atoms with Gasteiger partial charge in [0.1, 0.15) is 0 Å². The number of aromatic nitrogens is 2. The molecule has 0 aliphatic rings. The number of methoxy groups -OCH3 is 1. The maximum atomic E-state index is 6.29. The molecule has 0 aliphatic carbocycles. The molecule has 0 saturated carbocycles. The van der Waals surface area contributed by atoms with E-state index in [1.54, 1.807) is 13.3 Å². The van der Waals surface area contributed by atoms with Crippen LogP contribution in [0.15, 0.2) is 24.5 Å². The summed E-state index contributed by atoms with van der Waals surface area (Å²) in [6.45, 7) is 3.42. The average molecular weight is 314 g/mol. The number of aryl methyl sites for hydroxylation is 1. The number of nitrogens with zero attached hydrogens (tertiary/aromatic N) is 2. The molecule has 0 saturated heterocycles. The Morgan fingerprint density at radius 1 is 1.30 bits per heavy atom. The summed E-state index contributed by atoms with van der Waals surface area (Å²) in [4.78, 5) is 4.29. The molecule has 1 aromatic carbocycles. The molecule has 0 aliphatic heterocycles. The van der Waals surface area contributed by atoms with Crippen molar-refractivity contribution in [1.29, 1.82) is 0 Å². The van der Waals surface area contributed by atoms with Gasteiger partial charge in [0.05, 0.1) is 10.7 Å². The van der Waals surface area contributed by atoms with Crippen molar-refractivity contribution in [3.8, 4) is 5.69 Å². The quantitative estimate of drug-likeness (QED) is 0.821. The van der Waals surface area contributed by atoms with E-state index in [1.807, 2.05) is 29.8 Å². The number of nitrogens with one attached hydrogen (secondary N) is 1. The molecule has 2 rings (SSSR count). The molecule has 0 radical (unpaired) electrons. The minimum Gasteiger partial charge on any atom is -0.385 e. The van der Waals surface area contributed by atoms with Crippen LogP contribution in [0.1, 0.15) is 12.0 Å². The lowest BCUT2D eigenvalue weighted by molar-refractivity contribution is 0.197. The molecule has 1 heterocycles. The fourth-order valence-corrected chi connectivity index (χ4v) is 2.33. The molecule has 6 heteroatoms. The summed E-state index contributed by atoms with van der Waals surface area (Å²) in [5.74, 6) is 0.739. The predicted octanol–water partition coefficient (Wildman–Crippen LogP) is 3.94. The highest BCUT2D eigenvalue weighted by Gasteiger charge is 2.10. The molecule has 2 aromatic rings. The van der Waals surface area contributed by atoms with Gasteiger partial charge in [-0.25, -0.2) is 4.98 Å². The van der Waals surface area contributed by atoms with Gasteiger partial charge in [0, 0.05) is 37.7 Å². The van der Waals surface area contributed by atoms with Gasteiger partial charge in [-0.2, -0.15) is 0 Å². The van der Waals surface area contributed by atoms with E-state index in [1.165, 1.54) is 0 Å². The summed E-state index contributed by atoms with van der Waals surface area (Å²) < 4.78 is 6.91. The SMILES string of the molecule is COCCCNc1nccn1-c1cc(Cl)c(C)cc1Cl. The van der Waals surface area contributed by atoms with Gasteiger partial charge in [-0.1, -0.05) is 23.2 Å². The third kappa shape index (κ3) is 3.45. The Bertz CT molecular complexity index is 584. The number of ether oxygens (including phenoxy) is 1. The first-order valence-electron chi connectivity index (χ1n) is 6.35. The molecule has 4 nitrogen and oxygen atoms in total. The molecule has 0 amide bonds. The highest BCUT2D eigenvalue weighted by Crippen LogP contribution is 2.29. The predicted molar refractivity (Wildman–Crippen MR) is 83.3 cm³/mol. The minimum absolute atomic E-state index is 0.643. The number of imidazole rings is 1. The van der Waals surface area contributed by atoms with Crippen LogP contribution >= 0.6 is 23.2 Å². The Hall–Kier alpha value is -1.23. The molecule has 0 bridgehead atoms. The third-order valence-electron chi connectivity index (χ3n) is 2.94. The van der Waals surface area contributed by atoms with Gasteiger partial charge >= 0.3 is 0 Å². The van der Waals surface area contributed by atoms with E-state index in [0.29, 0.717) is 16.7 Å².